The van der Waals surface area contributed by atoms with Crippen molar-refractivity contribution >= 4 is 40.8 Å². The topological polar surface area (TPSA) is 17.8 Å². The fourth-order valence-corrected chi connectivity index (χ4v) is 6.57. The highest BCUT2D eigenvalue weighted by molar-refractivity contribution is 8.93. The largest absolute Gasteiger partial charge is 0.330 e. The van der Waals surface area contributed by atoms with Gasteiger partial charge in [-0.1, -0.05) is 115 Å². The third kappa shape index (κ3) is 5.91. The van der Waals surface area contributed by atoms with Crippen LogP contribution in [0.2, 0.25) is 0 Å². The van der Waals surface area contributed by atoms with Crippen molar-refractivity contribution in [3.05, 3.63) is 145 Å². The fraction of sp³-hybridized carbons (Fsp3) is 0.100. The second kappa shape index (κ2) is 11.9. The Balaban J connectivity index is 0.00000274. The van der Waals surface area contributed by atoms with Gasteiger partial charge < -0.3 is 4.57 Å². The van der Waals surface area contributed by atoms with Crippen molar-refractivity contribution in [2.24, 2.45) is 0 Å². The van der Waals surface area contributed by atoms with Crippen molar-refractivity contribution in [2.45, 2.75) is 19.4 Å². The normalized spacial score (nSPS) is 10.7. The highest BCUT2D eigenvalue weighted by Crippen LogP contribution is 2.32. The highest BCUT2D eigenvalue weighted by Gasteiger charge is 2.16. The number of hydrogen-bond donors (Lipinski definition) is 0. The van der Waals surface area contributed by atoms with Gasteiger partial charge in [-0.3, -0.25) is 0 Å². The fourth-order valence-electron chi connectivity index (χ4n) is 4.20. The molecule has 5 rings (SSSR count). The Hall–Kier alpha value is -3.00. The molecule has 0 aliphatic heterocycles. The van der Waals surface area contributed by atoms with Crippen molar-refractivity contribution < 1.29 is 0 Å². The molecule has 170 valence electrons. The quantitative estimate of drug-likeness (QED) is 0.225. The summed E-state index contributed by atoms with van der Waals surface area (Å²) >= 11 is 0. The van der Waals surface area contributed by atoms with Gasteiger partial charge in [-0.15, -0.1) is 17.0 Å². The van der Waals surface area contributed by atoms with Crippen LogP contribution in [0, 0.1) is 0 Å². The lowest BCUT2D eigenvalue weighted by molar-refractivity contribution is 0.729. The molecule has 2 nitrogen and oxygen atoms in total. The molecule has 0 aliphatic carbocycles. The molecule has 0 fully saturated rings. The summed E-state index contributed by atoms with van der Waals surface area (Å²) in [7, 11) is -0.575. The van der Waals surface area contributed by atoms with Crippen molar-refractivity contribution in [3.63, 3.8) is 0 Å². The third-order valence-electron chi connectivity index (χ3n) is 5.86. The summed E-state index contributed by atoms with van der Waals surface area (Å²) in [6, 6.07) is 41.5. The Morgan fingerprint density at radius 3 is 1.79 bits per heavy atom. The van der Waals surface area contributed by atoms with Gasteiger partial charge in [-0.2, -0.15) is 0 Å². The monoisotopic (exact) mass is 526 g/mol. The molecule has 0 atom stereocenters. The molecule has 5 aromatic rings. The van der Waals surface area contributed by atoms with E-state index < -0.39 is 7.92 Å². The molecule has 4 aromatic carbocycles. The summed E-state index contributed by atoms with van der Waals surface area (Å²) < 4.78 is 2.26. The van der Waals surface area contributed by atoms with Crippen LogP contribution in [0.3, 0.4) is 0 Å². The molecule has 0 bridgehead atoms. The number of rotatable bonds is 8. The average Bonchev–Trinajstić information content (AvgIpc) is 3.32. The Labute approximate surface area is 213 Å². The van der Waals surface area contributed by atoms with Gasteiger partial charge in [0.1, 0.15) is 0 Å². The van der Waals surface area contributed by atoms with E-state index in [2.05, 4.69) is 125 Å². The number of halogens is 1. The summed E-state index contributed by atoms with van der Waals surface area (Å²) in [6.45, 7) is 0.865. The maximum atomic E-state index is 4.42. The number of imidazole rings is 1. The Bertz CT molecular complexity index is 1250. The molecule has 0 N–H and O–H groups in total. The van der Waals surface area contributed by atoms with Crippen LogP contribution in [0.4, 0.5) is 0 Å². The van der Waals surface area contributed by atoms with Crippen molar-refractivity contribution in [1.29, 1.82) is 0 Å². The summed E-state index contributed by atoms with van der Waals surface area (Å²) in [5.74, 6) is 0. The second-order valence-electron chi connectivity index (χ2n) is 8.17. The number of hydrogen-bond acceptors (Lipinski definition) is 1. The van der Waals surface area contributed by atoms with Gasteiger partial charge in [0.15, 0.2) is 0 Å². The number of aryl methyl sites for hydroxylation is 2. The van der Waals surface area contributed by atoms with Crippen LogP contribution in [0.25, 0.3) is 0 Å². The minimum Gasteiger partial charge on any atom is -0.330 e. The Morgan fingerprint density at radius 1 is 0.588 bits per heavy atom. The van der Waals surface area contributed by atoms with E-state index in [4.69, 9.17) is 0 Å². The molecule has 34 heavy (non-hydrogen) atoms. The standard InChI is InChI=1S/C30H27N2P.BrH/c1-4-11-26(12-5-1)23-32-24-31-22-27(32)20-19-25-13-10-18-30(21-25)33(28-14-6-2-7-15-28)29-16-8-3-9-17-29;/h1-18,21-22,24H,19-20,23H2;1H. The van der Waals surface area contributed by atoms with E-state index in [1.165, 1.54) is 32.7 Å². The van der Waals surface area contributed by atoms with E-state index in [1.54, 1.807) is 0 Å². The number of benzene rings is 4. The second-order valence-corrected chi connectivity index (χ2v) is 10.4. The van der Waals surface area contributed by atoms with Crippen molar-refractivity contribution in [3.8, 4) is 0 Å². The first kappa shape index (κ1) is 24.1. The lowest BCUT2D eigenvalue weighted by Crippen LogP contribution is -2.20. The molecule has 0 saturated carbocycles. The molecule has 4 heteroatoms. The first-order valence-corrected chi connectivity index (χ1v) is 12.7. The molecule has 0 spiro atoms. The minimum absolute atomic E-state index is 0. The van der Waals surface area contributed by atoms with Crippen LogP contribution in [-0.4, -0.2) is 9.55 Å². The number of nitrogens with zero attached hydrogens (tertiary/aromatic N) is 2. The maximum Gasteiger partial charge on any atom is 0.0951 e. The molecular formula is C30H28BrN2P. The molecule has 0 radical (unpaired) electrons. The van der Waals surface area contributed by atoms with Gasteiger partial charge in [-0.05, 0) is 47.8 Å². The van der Waals surface area contributed by atoms with Crippen LogP contribution in [0.1, 0.15) is 16.8 Å². The molecule has 0 unspecified atom stereocenters. The van der Waals surface area contributed by atoms with Crippen LogP contribution in [-0.2, 0) is 19.4 Å². The van der Waals surface area contributed by atoms with Crippen molar-refractivity contribution in [2.75, 3.05) is 0 Å². The lowest BCUT2D eigenvalue weighted by atomic mass is 10.1. The molecular weight excluding hydrogens is 499 g/mol. The average molecular weight is 527 g/mol. The van der Waals surface area contributed by atoms with E-state index in [9.17, 15) is 0 Å². The zero-order valence-electron chi connectivity index (χ0n) is 19.0. The van der Waals surface area contributed by atoms with Crippen LogP contribution >= 0.6 is 24.9 Å². The molecule has 1 aromatic heterocycles. The predicted octanol–water partition coefficient (Wildman–Crippen LogP) is 6.05. The SMILES string of the molecule is Br.c1ccc(Cn2cncc2CCc2cccc(P(c3ccccc3)c3ccccc3)c2)cc1. The first-order valence-electron chi connectivity index (χ1n) is 11.4. The summed E-state index contributed by atoms with van der Waals surface area (Å²) in [5, 5.41) is 4.17. The predicted molar refractivity (Wildman–Crippen MR) is 151 cm³/mol. The lowest BCUT2D eigenvalue weighted by Gasteiger charge is -2.20. The van der Waals surface area contributed by atoms with Crippen LogP contribution in [0.5, 0.6) is 0 Å². The molecule has 0 amide bonds. The van der Waals surface area contributed by atoms with Gasteiger partial charge in [0.25, 0.3) is 0 Å². The minimum atomic E-state index is -0.575. The van der Waals surface area contributed by atoms with E-state index in [0.717, 1.165) is 19.4 Å². The highest BCUT2D eigenvalue weighted by atomic mass is 79.9. The van der Waals surface area contributed by atoms with E-state index in [-0.39, 0.29) is 17.0 Å². The smallest absolute Gasteiger partial charge is 0.0951 e. The third-order valence-corrected chi connectivity index (χ3v) is 8.29. The first-order chi connectivity index (χ1) is 16.4. The van der Waals surface area contributed by atoms with E-state index in [0.29, 0.717) is 0 Å². The molecule has 1 heterocycles. The van der Waals surface area contributed by atoms with Gasteiger partial charge in [0, 0.05) is 18.4 Å². The summed E-state index contributed by atoms with van der Waals surface area (Å²) in [4.78, 5) is 4.42. The van der Waals surface area contributed by atoms with Crippen LogP contribution in [0.15, 0.2) is 128 Å². The summed E-state index contributed by atoms with van der Waals surface area (Å²) in [6.07, 6.45) is 5.93. The van der Waals surface area contributed by atoms with Gasteiger partial charge in [-0.25, -0.2) is 4.98 Å². The summed E-state index contributed by atoms with van der Waals surface area (Å²) in [5.41, 5.74) is 3.95. The van der Waals surface area contributed by atoms with Crippen LogP contribution < -0.4 is 15.9 Å². The van der Waals surface area contributed by atoms with E-state index in [1.807, 2.05) is 12.5 Å². The number of aromatic nitrogens is 2. The van der Waals surface area contributed by atoms with Crippen molar-refractivity contribution in [1.82, 2.24) is 9.55 Å². The molecule has 0 saturated heterocycles. The maximum absolute atomic E-state index is 4.42. The van der Waals surface area contributed by atoms with Gasteiger partial charge in [0.05, 0.1) is 6.33 Å². The molecule has 0 aliphatic rings. The zero-order valence-corrected chi connectivity index (χ0v) is 21.6. The Morgan fingerprint density at radius 2 is 1.15 bits per heavy atom. The van der Waals surface area contributed by atoms with Gasteiger partial charge in [0.2, 0.25) is 0 Å². The Kier molecular flexibility index (Phi) is 8.46. The van der Waals surface area contributed by atoms with Gasteiger partial charge >= 0.3 is 0 Å². The zero-order chi connectivity index (χ0) is 22.3. The van der Waals surface area contributed by atoms with E-state index >= 15 is 0 Å².